The molecule has 13 heavy (non-hydrogen) atoms. The SMILES string of the molecule is CNC1CCCC12CCN(C)CC2. The highest BCUT2D eigenvalue weighted by Gasteiger charge is 2.43. The van der Waals surface area contributed by atoms with Crippen molar-refractivity contribution >= 4 is 0 Å². The number of nitrogens with one attached hydrogen (secondary N) is 1. The van der Waals surface area contributed by atoms with Crippen LogP contribution in [-0.2, 0) is 0 Å². The van der Waals surface area contributed by atoms with Crippen LogP contribution in [-0.4, -0.2) is 38.1 Å². The van der Waals surface area contributed by atoms with Gasteiger partial charge in [-0.3, -0.25) is 0 Å². The molecule has 1 saturated heterocycles. The van der Waals surface area contributed by atoms with Crippen LogP contribution in [0.25, 0.3) is 0 Å². The number of nitrogens with zero attached hydrogens (tertiary/aromatic N) is 1. The molecule has 0 radical (unpaired) electrons. The van der Waals surface area contributed by atoms with Gasteiger partial charge in [-0.15, -0.1) is 0 Å². The van der Waals surface area contributed by atoms with Gasteiger partial charge in [0.15, 0.2) is 0 Å². The van der Waals surface area contributed by atoms with Crippen LogP contribution in [0.1, 0.15) is 32.1 Å². The van der Waals surface area contributed by atoms with Crippen LogP contribution in [0, 0.1) is 5.41 Å². The molecule has 1 aliphatic carbocycles. The summed E-state index contributed by atoms with van der Waals surface area (Å²) in [5, 5.41) is 3.52. The molecule has 76 valence electrons. The van der Waals surface area contributed by atoms with E-state index in [-0.39, 0.29) is 0 Å². The van der Waals surface area contributed by atoms with Gasteiger partial charge in [-0.2, -0.15) is 0 Å². The van der Waals surface area contributed by atoms with Crippen molar-refractivity contribution < 1.29 is 0 Å². The molecule has 1 aliphatic heterocycles. The van der Waals surface area contributed by atoms with Crippen LogP contribution >= 0.6 is 0 Å². The molecule has 1 heterocycles. The van der Waals surface area contributed by atoms with E-state index < -0.39 is 0 Å². The summed E-state index contributed by atoms with van der Waals surface area (Å²) in [6.45, 7) is 2.61. The molecule has 1 unspecified atom stereocenters. The quantitative estimate of drug-likeness (QED) is 0.660. The van der Waals surface area contributed by atoms with Crippen LogP contribution in [0.4, 0.5) is 0 Å². The van der Waals surface area contributed by atoms with Gasteiger partial charge in [0.05, 0.1) is 0 Å². The summed E-state index contributed by atoms with van der Waals surface area (Å²) < 4.78 is 0. The molecule has 2 fully saturated rings. The summed E-state index contributed by atoms with van der Waals surface area (Å²) in [6.07, 6.45) is 7.13. The van der Waals surface area contributed by atoms with Crippen LogP contribution in [0.2, 0.25) is 0 Å². The highest BCUT2D eigenvalue weighted by Crippen LogP contribution is 2.45. The van der Waals surface area contributed by atoms with Crippen molar-refractivity contribution in [2.45, 2.75) is 38.1 Å². The van der Waals surface area contributed by atoms with E-state index in [0.29, 0.717) is 5.41 Å². The van der Waals surface area contributed by atoms with Gasteiger partial charge in [-0.05, 0) is 58.3 Å². The molecule has 2 heteroatoms. The summed E-state index contributed by atoms with van der Waals surface area (Å²) in [4.78, 5) is 2.47. The average Bonchev–Trinajstić information content (AvgIpc) is 2.54. The molecule has 0 aromatic rings. The Hall–Kier alpha value is -0.0800. The first kappa shape index (κ1) is 9.47. The van der Waals surface area contributed by atoms with Crippen molar-refractivity contribution in [1.29, 1.82) is 0 Å². The van der Waals surface area contributed by atoms with E-state index in [2.05, 4.69) is 24.3 Å². The van der Waals surface area contributed by atoms with E-state index >= 15 is 0 Å². The lowest BCUT2D eigenvalue weighted by molar-refractivity contribution is 0.102. The Morgan fingerprint density at radius 1 is 1.23 bits per heavy atom. The fourth-order valence-corrected chi connectivity index (χ4v) is 3.25. The molecular formula is C11H22N2. The predicted molar refractivity (Wildman–Crippen MR) is 55.9 cm³/mol. The predicted octanol–water partition coefficient (Wildman–Crippen LogP) is 1.47. The standard InChI is InChI=1S/C11H22N2/c1-12-10-4-3-5-11(10)6-8-13(2)9-7-11/h10,12H,3-9H2,1-2H3. The average molecular weight is 182 g/mol. The Morgan fingerprint density at radius 3 is 2.54 bits per heavy atom. The van der Waals surface area contributed by atoms with Crippen molar-refractivity contribution in [1.82, 2.24) is 10.2 Å². The lowest BCUT2D eigenvalue weighted by Crippen LogP contribution is -2.46. The van der Waals surface area contributed by atoms with Gasteiger partial charge >= 0.3 is 0 Å². The molecule has 2 rings (SSSR count). The smallest absolute Gasteiger partial charge is 0.0121 e. The van der Waals surface area contributed by atoms with Crippen molar-refractivity contribution in [3.05, 3.63) is 0 Å². The van der Waals surface area contributed by atoms with Crippen molar-refractivity contribution in [3.63, 3.8) is 0 Å². The van der Waals surface area contributed by atoms with Crippen molar-refractivity contribution in [2.24, 2.45) is 5.41 Å². The maximum absolute atomic E-state index is 3.52. The van der Waals surface area contributed by atoms with Crippen LogP contribution in [0.3, 0.4) is 0 Å². The summed E-state index contributed by atoms with van der Waals surface area (Å²) in [5.41, 5.74) is 0.668. The Morgan fingerprint density at radius 2 is 1.92 bits per heavy atom. The van der Waals surface area contributed by atoms with Crippen molar-refractivity contribution in [3.8, 4) is 0 Å². The molecule has 0 bridgehead atoms. The second kappa shape index (κ2) is 3.58. The van der Waals surface area contributed by atoms with Gasteiger partial charge < -0.3 is 10.2 Å². The largest absolute Gasteiger partial charge is 0.316 e. The third-order valence-electron chi connectivity index (χ3n) is 4.24. The Labute approximate surface area is 81.7 Å². The van der Waals surface area contributed by atoms with E-state index in [1.807, 2.05) is 0 Å². The van der Waals surface area contributed by atoms with E-state index in [4.69, 9.17) is 0 Å². The number of likely N-dealkylation sites (tertiary alicyclic amines) is 1. The summed E-state index contributed by atoms with van der Waals surface area (Å²) in [6, 6.07) is 0.807. The lowest BCUT2D eigenvalue weighted by atomic mass is 9.74. The fraction of sp³-hybridized carbons (Fsp3) is 1.00. The van der Waals surface area contributed by atoms with Gasteiger partial charge in [-0.1, -0.05) is 6.42 Å². The summed E-state index contributed by atoms with van der Waals surface area (Å²) >= 11 is 0. The molecule has 1 saturated carbocycles. The normalized spacial score (nSPS) is 34.2. The molecule has 0 aromatic heterocycles. The topological polar surface area (TPSA) is 15.3 Å². The maximum Gasteiger partial charge on any atom is 0.0121 e. The Kier molecular flexibility index (Phi) is 2.61. The monoisotopic (exact) mass is 182 g/mol. The number of hydrogen-bond acceptors (Lipinski definition) is 2. The van der Waals surface area contributed by atoms with E-state index in [0.717, 1.165) is 6.04 Å². The van der Waals surface area contributed by atoms with E-state index in [1.165, 1.54) is 45.2 Å². The summed E-state index contributed by atoms with van der Waals surface area (Å²) in [7, 11) is 4.38. The maximum atomic E-state index is 3.52. The molecule has 1 atom stereocenters. The minimum atomic E-state index is 0.668. The first-order valence-corrected chi connectivity index (χ1v) is 5.63. The zero-order valence-corrected chi connectivity index (χ0v) is 8.97. The highest BCUT2D eigenvalue weighted by molar-refractivity contribution is 4.98. The van der Waals surface area contributed by atoms with E-state index in [1.54, 1.807) is 0 Å². The molecular weight excluding hydrogens is 160 g/mol. The summed E-state index contributed by atoms with van der Waals surface area (Å²) in [5.74, 6) is 0. The minimum absolute atomic E-state index is 0.668. The van der Waals surface area contributed by atoms with Gasteiger partial charge in [0.25, 0.3) is 0 Å². The second-order valence-corrected chi connectivity index (χ2v) is 4.90. The molecule has 0 aromatic carbocycles. The van der Waals surface area contributed by atoms with Crippen molar-refractivity contribution in [2.75, 3.05) is 27.2 Å². The number of piperidine rings is 1. The highest BCUT2D eigenvalue weighted by atomic mass is 15.1. The first-order valence-electron chi connectivity index (χ1n) is 5.63. The van der Waals surface area contributed by atoms with Gasteiger partial charge in [-0.25, -0.2) is 0 Å². The van der Waals surface area contributed by atoms with Gasteiger partial charge in [0, 0.05) is 6.04 Å². The molecule has 0 amide bonds. The molecule has 1 N–H and O–H groups in total. The lowest BCUT2D eigenvalue weighted by Gasteiger charge is -2.42. The molecule has 2 nitrogen and oxygen atoms in total. The first-order chi connectivity index (χ1) is 6.27. The third kappa shape index (κ3) is 1.62. The fourth-order valence-electron chi connectivity index (χ4n) is 3.25. The minimum Gasteiger partial charge on any atom is -0.316 e. The number of rotatable bonds is 1. The Balaban J connectivity index is 2.02. The third-order valence-corrected chi connectivity index (χ3v) is 4.24. The number of hydrogen-bond donors (Lipinski definition) is 1. The molecule has 2 aliphatic rings. The van der Waals surface area contributed by atoms with Crippen LogP contribution in [0.5, 0.6) is 0 Å². The van der Waals surface area contributed by atoms with Gasteiger partial charge in [0.1, 0.15) is 0 Å². The van der Waals surface area contributed by atoms with Crippen LogP contribution in [0.15, 0.2) is 0 Å². The molecule has 1 spiro atoms. The second-order valence-electron chi connectivity index (χ2n) is 4.90. The van der Waals surface area contributed by atoms with Crippen LogP contribution < -0.4 is 5.32 Å². The zero-order valence-electron chi connectivity index (χ0n) is 8.97. The van der Waals surface area contributed by atoms with E-state index in [9.17, 15) is 0 Å². The zero-order chi connectivity index (χ0) is 9.31. The Bertz CT molecular complexity index is 171. The van der Waals surface area contributed by atoms with Gasteiger partial charge in [0.2, 0.25) is 0 Å².